The molecular weight excluding hydrogens is 174 g/mol. The normalized spacial score (nSPS) is 16.4. The number of aliphatic imine (C=N–C) groups is 2. The first-order chi connectivity index (χ1) is 5.87. The van der Waals surface area contributed by atoms with Gasteiger partial charge in [-0.1, -0.05) is 0 Å². The third-order valence-corrected chi connectivity index (χ3v) is 1.17. The van der Waals surface area contributed by atoms with Gasteiger partial charge >= 0.3 is 0 Å². The van der Waals surface area contributed by atoms with E-state index in [1.807, 2.05) is 0 Å². The lowest BCUT2D eigenvalue weighted by molar-refractivity contribution is 0.0101. The molecule has 0 amide bonds. The Labute approximate surface area is 76.0 Å². The van der Waals surface area contributed by atoms with Crippen molar-refractivity contribution < 1.29 is 10.2 Å². The van der Waals surface area contributed by atoms with Crippen LogP contribution >= 0.6 is 0 Å². The summed E-state index contributed by atoms with van der Waals surface area (Å²) in [4.78, 5) is 7.07. The summed E-state index contributed by atoms with van der Waals surface area (Å²) < 4.78 is 0. The van der Waals surface area contributed by atoms with Crippen LogP contribution in [0.25, 0.3) is 0 Å². The molecule has 0 aromatic rings. The van der Waals surface area contributed by atoms with Crippen LogP contribution in [0.3, 0.4) is 0 Å². The number of hydrogen-bond donors (Lipinski definition) is 5. The fourth-order valence-corrected chi connectivity index (χ4v) is 0.469. The van der Waals surface area contributed by atoms with Gasteiger partial charge in [-0.2, -0.15) is 4.99 Å². The van der Waals surface area contributed by atoms with Crippen molar-refractivity contribution in [2.45, 2.75) is 12.5 Å². The molecular formula is C6H15N5O2. The van der Waals surface area contributed by atoms with Gasteiger partial charge in [-0.15, -0.1) is 0 Å². The number of nitrogens with zero attached hydrogens (tertiary/aromatic N) is 2. The molecule has 1 atom stereocenters. The Balaban J connectivity index is 4.20. The molecule has 0 radical (unpaired) electrons. The first-order valence-electron chi connectivity index (χ1n) is 3.60. The molecule has 13 heavy (non-hydrogen) atoms. The van der Waals surface area contributed by atoms with Gasteiger partial charge < -0.3 is 27.4 Å². The minimum atomic E-state index is -1.30. The zero-order valence-corrected chi connectivity index (χ0v) is 7.44. The highest BCUT2D eigenvalue weighted by Crippen LogP contribution is 2.01. The molecule has 0 fully saturated rings. The Kier molecular flexibility index (Phi) is 4.15. The van der Waals surface area contributed by atoms with Crippen LogP contribution in [-0.2, 0) is 0 Å². The van der Waals surface area contributed by atoms with Gasteiger partial charge in [-0.25, -0.2) is 4.99 Å². The van der Waals surface area contributed by atoms with E-state index in [4.69, 9.17) is 22.3 Å². The Morgan fingerprint density at radius 3 is 2.31 bits per heavy atom. The summed E-state index contributed by atoms with van der Waals surface area (Å²) >= 11 is 0. The molecule has 8 N–H and O–H groups in total. The summed E-state index contributed by atoms with van der Waals surface area (Å²) in [5.74, 6) is -0.335. The number of hydrogen-bond acceptors (Lipinski definition) is 3. The highest BCUT2D eigenvalue weighted by atomic mass is 16.3. The highest BCUT2D eigenvalue weighted by molar-refractivity contribution is 5.92. The van der Waals surface area contributed by atoms with Crippen LogP contribution in [0, 0.1) is 0 Å². The summed E-state index contributed by atoms with van der Waals surface area (Å²) in [6.07, 6.45) is 0. The maximum absolute atomic E-state index is 9.28. The molecule has 7 nitrogen and oxygen atoms in total. The van der Waals surface area contributed by atoms with Crippen LogP contribution in [0.5, 0.6) is 0 Å². The highest BCUT2D eigenvalue weighted by Gasteiger charge is 2.17. The lowest BCUT2D eigenvalue weighted by atomic mass is 10.1. The fraction of sp³-hybridized carbons (Fsp3) is 0.667. The molecule has 0 aliphatic heterocycles. The standard InChI is InChI=1S/C6H15N5O2/c1-6(13,3-12)2-10-5(9)11-4(7)8/h12-13H,2-3H2,1H3,(H6,7,8,9,10,11). The van der Waals surface area contributed by atoms with Gasteiger partial charge in [0.25, 0.3) is 0 Å². The maximum Gasteiger partial charge on any atom is 0.218 e. The van der Waals surface area contributed by atoms with E-state index >= 15 is 0 Å². The van der Waals surface area contributed by atoms with E-state index in [9.17, 15) is 5.11 Å². The van der Waals surface area contributed by atoms with E-state index < -0.39 is 12.2 Å². The molecule has 0 rings (SSSR count). The van der Waals surface area contributed by atoms with E-state index in [0.29, 0.717) is 0 Å². The lowest BCUT2D eigenvalue weighted by Gasteiger charge is -2.16. The second kappa shape index (κ2) is 4.63. The smallest absolute Gasteiger partial charge is 0.218 e. The summed E-state index contributed by atoms with van der Waals surface area (Å²) in [7, 11) is 0. The predicted octanol–water partition coefficient (Wildman–Crippen LogP) is -2.68. The van der Waals surface area contributed by atoms with Gasteiger partial charge in [0, 0.05) is 0 Å². The molecule has 0 aromatic carbocycles. The Morgan fingerprint density at radius 2 is 1.92 bits per heavy atom. The molecule has 0 saturated heterocycles. The van der Waals surface area contributed by atoms with Gasteiger partial charge in [-0.05, 0) is 6.92 Å². The van der Waals surface area contributed by atoms with Crippen molar-refractivity contribution in [1.82, 2.24) is 0 Å². The van der Waals surface area contributed by atoms with Gasteiger partial charge in [0.1, 0.15) is 5.60 Å². The SMILES string of the molecule is CC(O)(CO)CN=C(N)N=C(N)N. The molecule has 0 aromatic heterocycles. The number of nitrogens with two attached hydrogens (primary N) is 3. The van der Waals surface area contributed by atoms with Crippen LogP contribution in [-0.4, -0.2) is 40.9 Å². The topological polar surface area (TPSA) is 143 Å². The van der Waals surface area contributed by atoms with Crippen LogP contribution < -0.4 is 17.2 Å². The number of guanidine groups is 2. The van der Waals surface area contributed by atoms with E-state index in [1.165, 1.54) is 6.92 Å². The largest absolute Gasteiger partial charge is 0.393 e. The summed E-state index contributed by atoms with van der Waals surface area (Å²) in [5, 5.41) is 17.9. The molecule has 1 unspecified atom stereocenters. The minimum Gasteiger partial charge on any atom is -0.393 e. The van der Waals surface area contributed by atoms with E-state index in [-0.39, 0.29) is 18.5 Å². The summed E-state index contributed by atoms with van der Waals surface area (Å²) in [5.41, 5.74) is 14.0. The van der Waals surface area contributed by atoms with Crippen molar-refractivity contribution in [3.8, 4) is 0 Å². The average molecular weight is 189 g/mol. The fourth-order valence-electron chi connectivity index (χ4n) is 0.469. The maximum atomic E-state index is 9.28. The van der Waals surface area contributed by atoms with Crippen molar-refractivity contribution in [3.05, 3.63) is 0 Å². The predicted molar refractivity (Wildman–Crippen MR) is 50.0 cm³/mol. The van der Waals surface area contributed by atoms with E-state index in [0.717, 1.165) is 0 Å². The van der Waals surface area contributed by atoms with Crippen molar-refractivity contribution >= 4 is 11.9 Å². The van der Waals surface area contributed by atoms with Crippen LogP contribution in [0.15, 0.2) is 9.98 Å². The van der Waals surface area contributed by atoms with Gasteiger partial charge in [0.2, 0.25) is 5.96 Å². The molecule has 0 spiro atoms. The van der Waals surface area contributed by atoms with Crippen molar-refractivity contribution in [1.29, 1.82) is 0 Å². The zero-order valence-electron chi connectivity index (χ0n) is 7.44. The van der Waals surface area contributed by atoms with Crippen LogP contribution in [0.4, 0.5) is 0 Å². The van der Waals surface area contributed by atoms with Crippen molar-refractivity contribution in [3.63, 3.8) is 0 Å². The van der Waals surface area contributed by atoms with Crippen molar-refractivity contribution in [2.24, 2.45) is 27.2 Å². The summed E-state index contributed by atoms with van der Waals surface area (Å²) in [6, 6.07) is 0. The van der Waals surface area contributed by atoms with Crippen LogP contribution in [0.1, 0.15) is 6.92 Å². The van der Waals surface area contributed by atoms with Crippen molar-refractivity contribution in [2.75, 3.05) is 13.2 Å². The Bertz CT molecular complexity index is 219. The second-order valence-corrected chi connectivity index (χ2v) is 2.87. The minimum absolute atomic E-state index is 0.0634. The first kappa shape index (κ1) is 11.7. The third kappa shape index (κ3) is 5.88. The molecule has 0 aliphatic carbocycles. The Hall–Kier alpha value is -1.34. The Morgan fingerprint density at radius 1 is 1.38 bits per heavy atom. The number of aliphatic hydroxyl groups excluding tert-OH is 1. The first-order valence-corrected chi connectivity index (χ1v) is 3.60. The third-order valence-electron chi connectivity index (χ3n) is 1.17. The zero-order chi connectivity index (χ0) is 10.5. The molecule has 7 heteroatoms. The van der Waals surface area contributed by atoms with Gasteiger partial charge in [-0.3, -0.25) is 0 Å². The molecule has 0 aliphatic rings. The molecule has 76 valence electrons. The van der Waals surface area contributed by atoms with Crippen LogP contribution in [0.2, 0.25) is 0 Å². The summed E-state index contributed by atoms with van der Waals surface area (Å²) in [6.45, 7) is 0.941. The number of rotatable bonds is 3. The average Bonchev–Trinajstić information content (AvgIpc) is 2.00. The quantitative estimate of drug-likeness (QED) is 0.243. The van der Waals surface area contributed by atoms with Gasteiger partial charge in [0.15, 0.2) is 5.96 Å². The van der Waals surface area contributed by atoms with E-state index in [1.54, 1.807) is 0 Å². The number of aliphatic hydroxyl groups is 2. The molecule has 0 heterocycles. The molecule has 0 bridgehead atoms. The van der Waals surface area contributed by atoms with Gasteiger partial charge in [0.05, 0.1) is 13.2 Å². The van der Waals surface area contributed by atoms with E-state index in [2.05, 4.69) is 9.98 Å². The monoisotopic (exact) mass is 189 g/mol. The second-order valence-electron chi connectivity index (χ2n) is 2.87. The lowest BCUT2D eigenvalue weighted by Crippen LogP contribution is -2.34. The molecule has 0 saturated carbocycles.